The van der Waals surface area contributed by atoms with Crippen LogP contribution in [0.3, 0.4) is 0 Å². The molecular formula is C11H20ClN3O4S. The summed E-state index contributed by atoms with van der Waals surface area (Å²) in [4.78, 5) is 34.5. The Hall–Kier alpha value is -0.700. The minimum atomic E-state index is -2.03. The van der Waals surface area contributed by atoms with Crippen molar-refractivity contribution < 1.29 is 30.6 Å². The summed E-state index contributed by atoms with van der Waals surface area (Å²) < 4.78 is 5.21. The van der Waals surface area contributed by atoms with Crippen LogP contribution in [0.25, 0.3) is 0 Å². The Morgan fingerprint density at radius 1 is 1.55 bits per heavy atom. The van der Waals surface area contributed by atoms with Gasteiger partial charge in [0, 0.05) is 12.8 Å². The highest BCUT2D eigenvalue weighted by molar-refractivity contribution is 7.74. The zero-order valence-corrected chi connectivity index (χ0v) is 13.2. The fourth-order valence-electron chi connectivity index (χ4n) is 2.27. The summed E-state index contributed by atoms with van der Waals surface area (Å²) >= 11 is 4.40. The summed E-state index contributed by atoms with van der Waals surface area (Å²) in [5, 5.41) is 3.04. The van der Waals surface area contributed by atoms with Gasteiger partial charge in [-0.1, -0.05) is 5.18 Å². The van der Waals surface area contributed by atoms with Crippen molar-refractivity contribution in [2.24, 2.45) is 10.9 Å². The molecule has 1 atom stereocenters. The molecule has 0 aliphatic carbocycles. The van der Waals surface area contributed by atoms with Crippen molar-refractivity contribution in [1.29, 1.82) is 0 Å². The summed E-state index contributed by atoms with van der Waals surface area (Å²) in [7, 11) is 1.88. The lowest BCUT2D eigenvalue weighted by Crippen LogP contribution is -3.00. The number of carbonyl (C=O) groups excluding carboxylic acids is 2. The van der Waals surface area contributed by atoms with Gasteiger partial charge in [-0.2, -0.15) is 4.91 Å². The van der Waals surface area contributed by atoms with E-state index in [0.717, 1.165) is 0 Å². The lowest BCUT2D eigenvalue weighted by Gasteiger charge is -2.44. The van der Waals surface area contributed by atoms with Crippen molar-refractivity contribution in [2.75, 3.05) is 26.7 Å². The standard InChI is InChI=1S/C11H20N3O4S.ClH/c1-3-18-9(16)11(12,8-15)10(13-17)4-6-14(2,19)7-5-10;/h8,19H,3-7,12H2,1-2H3;1H/q+1;/p-1. The van der Waals surface area contributed by atoms with Gasteiger partial charge in [0.25, 0.3) is 0 Å². The van der Waals surface area contributed by atoms with E-state index in [1.165, 1.54) is 0 Å². The molecular weight excluding hydrogens is 306 g/mol. The van der Waals surface area contributed by atoms with Gasteiger partial charge in [0.05, 0.1) is 39.6 Å². The minimum absolute atomic E-state index is 0. The Bertz CT molecular complexity index is 384. The molecule has 1 aliphatic heterocycles. The Morgan fingerprint density at radius 2 is 2.05 bits per heavy atom. The van der Waals surface area contributed by atoms with Crippen LogP contribution in [0.4, 0.5) is 0 Å². The van der Waals surface area contributed by atoms with Crippen LogP contribution >= 0.6 is 12.8 Å². The average Bonchev–Trinajstić information content (AvgIpc) is 2.38. The van der Waals surface area contributed by atoms with Gasteiger partial charge >= 0.3 is 5.97 Å². The van der Waals surface area contributed by atoms with Crippen molar-refractivity contribution in [3.63, 3.8) is 0 Å². The number of rotatable bonds is 5. The quantitative estimate of drug-likeness (QED) is 0.141. The van der Waals surface area contributed by atoms with E-state index in [-0.39, 0.29) is 38.1 Å². The molecule has 0 aromatic carbocycles. The molecule has 2 N–H and O–H groups in total. The Balaban J connectivity index is 0.00000361. The Labute approximate surface area is 129 Å². The van der Waals surface area contributed by atoms with Crippen LogP contribution < -0.4 is 18.1 Å². The maximum Gasteiger partial charge on any atom is 0.336 e. The number of thiol groups is 1. The van der Waals surface area contributed by atoms with E-state index in [4.69, 9.17) is 10.5 Å². The Morgan fingerprint density at radius 3 is 2.40 bits per heavy atom. The smallest absolute Gasteiger partial charge is 0.336 e. The first-order valence-electron chi connectivity index (χ1n) is 6.11. The van der Waals surface area contributed by atoms with E-state index in [1.54, 1.807) is 6.92 Å². The number of nitroso groups, excluding NO2 is 1. The lowest BCUT2D eigenvalue weighted by atomic mass is 9.72. The highest BCUT2D eigenvalue weighted by Crippen LogP contribution is 2.37. The summed E-state index contributed by atoms with van der Waals surface area (Å²) in [6.07, 6.45) is 0.704. The zero-order chi connectivity index (χ0) is 14.7. The number of likely N-dealkylation sites (tertiary alicyclic amines) is 1. The molecule has 20 heavy (non-hydrogen) atoms. The molecule has 0 spiro atoms. The molecule has 0 radical (unpaired) electrons. The third-order valence-corrected chi connectivity index (χ3v) is 4.16. The number of nitrogens with zero attached hydrogens (tertiary/aromatic N) is 2. The van der Waals surface area contributed by atoms with Crippen LogP contribution in [0.5, 0.6) is 0 Å². The van der Waals surface area contributed by atoms with Crippen LogP contribution in [0, 0.1) is 4.91 Å². The number of nitrogens with two attached hydrogens (primary N) is 1. The summed E-state index contributed by atoms with van der Waals surface area (Å²) in [5.74, 6) is -0.903. The molecule has 1 unspecified atom stereocenters. The topological polar surface area (TPSA) is 98.8 Å². The van der Waals surface area contributed by atoms with E-state index in [2.05, 4.69) is 18.0 Å². The van der Waals surface area contributed by atoms with Gasteiger partial charge in [0.1, 0.15) is 5.54 Å². The second-order valence-corrected chi connectivity index (χ2v) is 6.08. The maximum absolute atomic E-state index is 11.9. The lowest BCUT2D eigenvalue weighted by molar-refractivity contribution is -0.778. The van der Waals surface area contributed by atoms with Crippen LogP contribution in [-0.4, -0.2) is 54.0 Å². The van der Waals surface area contributed by atoms with Gasteiger partial charge in [-0.25, -0.2) is 4.79 Å². The van der Waals surface area contributed by atoms with Crippen molar-refractivity contribution in [3.8, 4) is 0 Å². The minimum Gasteiger partial charge on any atom is -1.00 e. The molecule has 0 aromatic heterocycles. The first kappa shape index (κ1) is 19.3. The number of esters is 1. The molecule has 1 aliphatic rings. The number of ether oxygens (including phenoxy) is 1. The maximum atomic E-state index is 11.9. The van der Waals surface area contributed by atoms with E-state index < -0.39 is 17.0 Å². The van der Waals surface area contributed by atoms with Gasteiger partial charge in [-0.3, -0.25) is 3.89 Å². The number of hydrogen-bond acceptors (Lipinski definition) is 7. The highest BCUT2D eigenvalue weighted by atomic mass is 35.5. The second-order valence-electron chi connectivity index (χ2n) is 5.12. The first-order valence-corrected chi connectivity index (χ1v) is 6.51. The van der Waals surface area contributed by atoms with Gasteiger partial charge in [0.2, 0.25) is 0 Å². The number of quaternary nitrogens is 1. The van der Waals surface area contributed by atoms with Crippen LogP contribution in [0.2, 0.25) is 0 Å². The molecule has 0 amide bonds. The molecule has 1 heterocycles. The van der Waals surface area contributed by atoms with Gasteiger partial charge in [-0.05, 0) is 6.92 Å². The third kappa shape index (κ3) is 3.30. The normalized spacial score (nSPS) is 32.4. The van der Waals surface area contributed by atoms with Crippen LogP contribution in [0.1, 0.15) is 19.8 Å². The van der Waals surface area contributed by atoms with E-state index in [1.807, 2.05) is 7.05 Å². The molecule has 116 valence electrons. The van der Waals surface area contributed by atoms with Gasteiger partial charge in [-0.15, -0.1) is 0 Å². The van der Waals surface area contributed by atoms with Gasteiger partial charge in [0.15, 0.2) is 11.8 Å². The summed E-state index contributed by atoms with van der Waals surface area (Å²) in [5.41, 5.74) is 2.38. The van der Waals surface area contributed by atoms with Crippen molar-refractivity contribution >= 4 is 25.1 Å². The largest absolute Gasteiger partial charge is 1.00 e. The first-order chi connectivity index (χ1) is 8.77. The van der Waals surface area contributed by atoms with E-state index >= 15 is 0 Å². The zero-order valence-electron chi connectivity index (χ0n) is 11.5. The van der Waals surface area contributed by atoms with E-state index in [0.29, 0.717) is 17.0 Å². The monoisotopic (exact) mass is 325 g/mol. The number of carbonyl (C=O) groups is 2. The van der Waals surface area contributed by atoms with Crippen molar-refractivity contribution in [3.05, 3.63) is 4.91 Å². The van der Waals surface area contributed by atoms with Gasteiger partial charge < -0.3 is 27.7 Å². The summed E-state index contributed by atoms with van der Waals surface area (Å²) in [6, 6.07) is 0. The fraction of sp³-hybridized carbons (Fsp3) is 0.818. The molecule has 1 fully saturated rings. The SMILES string of the molecule is CCOC(=O)C(N)(C=O)C1(N=O)CC[N+](C)(S)CC1.[Cl-]. The highest BCUT2D eigenvalue weighted by Gasteiger charge is 2.60. The molecule has 0 bridgehead atoms. The molecule has 1 rings (SSSR count). The van der Waals surface area contributed by atoms with Crippen molar-refractivity contribution in [2.45, 2.75) is 30.8 Å². The number of hydrogen-bond donors (Lipinski definition) is 2. The third-order valence-electron chi connectivity index (χ3n) is 3.76. The molecule has 7 nitrogen and oxygen atoms in total. The number of aldehydes is 1. The van der Waals surface area contributed by atoms with Crippen LogP contribution in [-0.2, 0) is 14.3 Å². The number of halogens is 1. The second kappa shape index (κ2) is 6.84. The summed E-state index contributed by atoms with van der Waals surface area (Å²) in [6.45, 7) is 2.66. The van der Waals surface area contributed by atoms with E-state index in [9.17, 15) is 14.5 Å². The molecule has 9 heteroatoms. The fourth-order valence-corrected chi connectivity index (χ4v) is 2.47. The van der Waals surface area contributed by atoms with Crippen LogP contribution in [0.15, 0.2) is 5.18 Å². The van der Waals surface area contributed by atoms with Crippen molar-refractivity contribution in [1.82, 2.24) is 0 Å². The molecule has 0 aromatic rings. The predicted molar refractivity (Wildman–Crippen MR) is 72.3 cm³/mol. The average molecular weight is 326 g/mol. The predicted octanol–water partition coefficient (Wildman–Crippen LogP) is -2.96. The number of piperidine rings is 1. The molecule has 0 saturated carbocycles. The molecule has 1 saturated heterocycles. The Kier molecular flexibility index (Phi) is 6.60.